The topological polar surface area (TPSA) is 72.6 Å². The summed E-state index contributed by atoms with van der Waals surface area (Å²) in [5.41, 5.74) is 7.50. The van der Waals surface area contributed by atoms with E-state index < -0.39 is 18.1 Å². The molecule has 0 aromatic heterocycles. The number of primary amides is 1. The molecule has 2 aromatic rings. The normalized spacial score (nSPS) is 19.5. The Morgan fingerprint density at radius 3 is 2.54 bits per heavy atom. The number of carbonyl (C=O) groups excluding carboxylic acids is 2. The number of nitrogens with zero attached hydrogens (tertiary/aromatic N) is 1. The number of hydrogen-bond acceptors (Lipinski definition) is 3. The van der Waals surface area contributed by atoms with Crippen LogP contribution in [0.15, 0.2) is 42.5 Å². The monoisotopic (exact) mass is 420 g/mol. The third-order valence-electron chi connectivity index (χ3n) is 4.53. The number of benzene rings is 2. The maximum atomic E-state index is 13.3. The first-order valence-electron chi connectivity index (χ1n) is 9.07. The van der Waals surface area contributed by atoms with Crippen LogP contribution in [0, 0.1) is 5.92 Å². The zero-order valence-corrected chi connectivity index (χ0v) is 17.2. The summed E-state index contributed by atoms with van der Waals surface area (Å²) in [4.78, 5) is 26.5. The Morgan fingerprint density at radius 1 is 1.18 bits per heavy atom. The van der Waals surface area contributed by atoms with Crippen molar-refractivity contribution in [1.82, 2.24) is 0 Å². The number of fused-ring (bicyclic) bond motifs is 1. The van der Waals surface area contributed by atoms with E-state index in [0.29, 0.717) is 27.8 Å². The Hall–Kier alpha value is -2.08. The Balaban J connectivity index is 2.20. The molecule has 0 fully saturated rings. The third-order valence-corrected chi connectivity index (χ3v) is 5.11. The molecule has 0 saturated carbocycles. The van der Waals surface area contributed by atoms with Gasteiger partial charge in [0.2, 0.25) is 5.91 Å². The molecule has 1 aliphatic rings. The minimum absolute atomic E-state index is 0.207. The first kappa shape index (κ1) is 20.6. The molecule has 5 nitrogen and oxygen atoms in total. The number of rotatable bonds is 5. The van der Waals surface area contributed by atoms with E-state index in [1.54, 1.807) is 29.2 Å². The van der Waals surface area contributed by atoms with Crippen LogP contribution in [0.4, 0.5) is 5.69 Å². The molecule has 0 saturated heterocycles. The number of anilines is 1. The van der Waals surface area contributed by atoms with Crippen LogP contribution in [-0.4, -0.2) is 24.5 Å². The van der Waals surface area contributed by atoms with Gasteiger partial charge in [-0.2, -0.15) is 0 Å². The molecule has 2 amide bonds. The molecule has 2 N–H and O–H groups in total. The number of carbonyl (C=O) groups is 2. The maximum Gasteiger partial charge on any atom is 0.256 e. The quantitative estimate of drug-likeness (QED) is 0.781. The van der Waals surface area contributed by atoms with Crippen molar-refractivity contribution in [1.29, 1.82) is 0 Å². The van der Waals surface area contributed by atoms with E-state index in [-0.39, 0.29) is 18.2 Å². The van der Waals surface area contributed by atoms with Gasteiger partial charge in [0.25, 0.3) is 5.91 Å². The van der Waals surface area contributed by atoms with Crippen LogP contribution in [0.1, 0.15) is 37.5 Å². The summed E-state index contributed by atoms with van der Waals surface area (Å²) >= 11 is 12.7. The Bertz CT molecular complexity index is 901. The summed E-state index contributed by atoms with van der Waals surface area (Å²) in [5.74, 6) is -0.700. The highest BCUT2D eigenvalue weighted by atomic mass is 35.5. The van der Waals surface area contributed by atoms with E-state index in [4.69, 9.17) is 33.7 Å². The summed E-state index contributed by atoms with van der Waals surface area (Å²) in [7, 11) is 0. The molecule has 1 aliphatic heterocycles. The van der Waals surface area contributed by atoms with Crippen molar-refractivity contribution in [2.75, 3.05) is 11.4 Å². The highest BCUT2D eigenvalue weighted by Gasteiger charge is 2.38. The van der Waals surface area contributed by atoms with Crippen LogP contribution in [0.5, 0.6) is 0 Å². The van der Waals surface area contributed by atoms with Gasteiger partial charge < -0.3 is 15.4 Å². The highest BCUT2D eigenvalue weighted by Crippen LogP contribution is 2.42. The van der Waals surface area contributed by atoms with Gasteiger partial charge in [0.15, 0.2) is 0 Å². The van der Waals surface area contributed by atoms with Crippen molar-refractivity contribution in [3.63, 3.8) is 0 Å². The minimum atomic E-state index is -1.01. The van der Waals surface area contributed by atoms with Gasteiger partial charge in [-0.05, 0) is 30.2 Å². The number of ether oxygens (including phenoxy) is 1. The fourth-order valence-corrected chi connectivity index (χ4v) is 3.79. The third kappa shape index (κ3) is 4.32. The summed E-state index contributed by atoms with van der Waals surface area (Å²) in [6.45, 7) is 4.51. The fraction of sp³-hybridized carbons (Fsp3) is 0.333. The molecule has 0 bridgehead atoms. The summed E-state index contributed by atoms with van der Waals surface area (Å²) in [5, 5.41) is 1.02. The molecular weight excluding hydrogens is 399 g/mol. The van der Waals surface area contributed by atoms with Gasteiger partial charge in [0.1, 0.15) is 12.2 Å². The van der Waals surface area contributed by atoms with Crippen LogP contribution in [0.2, 0.25) is 10.0 Å². The van der Waals surface area contributed by atoms with Crippen LogP contribution in [0.3, 0.4) is 0 Å². The van der Waals surface area contributed by atoms with E-state index in [2.05, 4.69) is 0 Å². The molecule has 0 spiro atoms. The predicted octanol–water partition coefficient (Wildman–Crippen LogP) is 4.35. The average molecular weight is 421 g/mol. The Morgan fingerprint density at radius 2 is 1.89 bits per heavy atom. The molecule has 2 atom stereocenters. The van der Waals surface area contributed by atoms with Gasteiger partial charge in [-0.1, -0.05) is 55.2 Å². The van der Waals surface area contributed by atoms with Crippen molar-refractivity contribution >= 4 is 40.7 Å². The molecule has 0 radical (unpaired) electrons. The fourth-order valence-electron chi connectivity index (χ4n) is 3.37. The van der Waals surface area contributed by atoms with Crippen molar-refractivity contribution < 1.29 is 14.3 Å². The second kappa shape index (κ2) is 8.52. The molecule has 28 heavy (non-hydrogen) atoms. The molecule has 7 heteroatoms. The highest BCUT2D eigenvalue weighted by molar-refractivity contribution is 6.31. The van der Waals surface area contributed by atoms with Gasteiger partial charge >= 0.3 is 0 Å². The molecule has 0 aliphatic carbocycles. The van der Waals surface area contributed by atoms with E-state index >= 15 is 0 Å². The van der Waals surface area contributed by atoms with E-state index in [9.17, 15) is 9.59 Å². The van der Waals surface area contributed by atoms with E-state index in [1.807, 2.05) is 32.0 Å². The van der Waals surface area contributed by atoms with Gasteiger partial charge in [-0.3, -0.25) is 9.59 Å². The average Bonchev–Trinajstić information content (AvgIpc) is 2.72. The second-order valence-corrected chi connectivity index (χ2v) is 8.09. The van der Waals surface area contributed by atoms with Crippen LogP contribution in [0.25, 0.3) is 0 Å². The molecule has 148 valence electrons. The van der Waals surface area contributed by atoms with Gasteiger partial charge in [0.05, 0.1) is 6.42 Å². The van der Waals surface area contributed by atoms with Crippen molar-refractivity contribution in [3.05, 3.63) is 63.6 Å². The standard InChI is InChI=1S/C21H22Cl2N2O3/c1-12(2)11-25-17-8-7-13(22)9-15(17)20(14-5-3-4-6-16(14)23)28-18(21(25)27)10-19(24)26/h3-9,12,18,20H,10-11H2,1-2H3,(H2,24,26)/t18-,20-/m1/s1. The zero-order chi connectivity index (χ0) is 20.4. The van der Waals surface area contributed by atoms with Crippen molar-refractivity contribution in [3.8, 4) is 0 Å². The number of hydrogen-bond donors (Lipinski definition) is 1. The van der Waals surface area contributed by atoms with Crippen LogP contribution in [-0.2, 0) is 14.3 Å². The number of halogens is 2. The van der Waals surface area contributed by atoms with Crippen LogP contribution < -0.4 is 10.6 Å². The number of amides is 2. The SMILES string of the molecule is CC(C)CN1C(=O)[C@@H](CC(N)=O)O[C@H](c2ccccc2Cl)c2cc(Cl)ccc21. The molecule has 2 aromatic carbocycles. The summed E-state index contributed by atoms with van der Waals surface area (Å²) < 4.78 is 6.16. The summed E-state index contributed by atoms with van der Waals surface area (Å²) in [6.07, 6.45) is -1.88. The van der Waals surface area contributed by atoms with Gasteiger partial charge in [0, 0.05) is 33.4 Å². The largest absolute Gasteiger partial charge is 0.370 e. The molecule has 1 heterocycles. The summed E-state index contributed by atoms with van der Waals surface area (Å²) in [6, 6.07) is 12.6. The smallest absolute Gasteiger partial charge is 0.256 e. The number of nitrogens with two attached hydrogens (primary N) is 1. The predicted molar refractivity (Wildman–Crippen MR) is 111 cm³/mol. The molecular formula is C21H22Cl2N2O3. The second-order valence-electron chi connectivity index (χ2n) is 7.24. The van der Waals surface area contributed by atoms with E-state index in [1.165, 1.54) is 0 Å². The Labute approximate surface area is 174 Å². The lowest BCUT2D eigenvalue weighted by Crippen LogP contribution is -2.43. The maximum absolute atomic E-state index is 13.3. The lowest BCUT2D eigenvalue weighted by molar-refractivity contribution is -0.137. The Kier molecular flexibility index (Phi) is 6.28. The lowest BCUT2D eigenvalue weighted by Gasteiger charge is -2.26. The minimum Gasteiger partial charge on any atom is -0.370 e. The van der Waals surface area contributed by atoms with Crippen LogP contribution >= 0.6 is 23.2 Å². The molecule has 0 unspecified atom stereocenters. The zero-order valence-electron chi connectivity index (χ0n) is 15.7. The van der Waals surface area contributed by atoms with E-state index in [0.717, 1.165) is 5.56 Å². The van der Waals surface area contributed by atoms with Crippen molar-refractivity contribution in [2.24, 2.45) is 11.7 Å². The van der Waals surface area contributed by atoms with Gasteiger partial charge in [-0.15, -0.1) is 0 Å². The lowest BCUT2D eigenvalue weighted by atomic mass is 9.99. The first-order chi connectivity index (χ1) is 13.3. The first-order valence-corrected chi connectivity index (χ1v) is 9.82. The van der Waals surface area contributed by atoms with Crippen molar-refractivity contribution in [2.45, 2.75) is 32.5 Å². The van der Waals surface area contributed by atoms with Gasteiger partial charge in [-0.25, -0.2) is 0 Å². The molecule has 3 rings (SSSR count).